The van der Waals surface area contributed by atoms with Gasteiger partial charge in [0.25, 0.3) is 5.56 Å². The number of hydrogen-bond donors (Lipinski definition) is 2. The van der Waals surface area contributed by atoms with Crippen molar-refractivity contribution in [3.8, 4) is 5.75 Å². The number of rotatable bonds is 5. The molecule has 1 amide bonds. The van der Waals surface area contributed by atoms with Gasteiger partial charge in [0.2, 0.25) is 17.6 Å². The number of ether oxygens (including phenoxy) is 1. The Hall–Kier alpha value is -3.67. The molecule has 3 atom stereocenters. The smallest absolute Gasteiger partial charge is 0.301 e. The van der Waals surface area contributed by atoms with Crippen LogP contribution < -0.4 is 25.8 Å². The van der Waals surface area contributed by atoms with E-state index >= 15 is 0 Å². The lowest BCUT2D eigenvalue weighted by Crippen LogP contribution is -2.57. The quantitative estimate of drug-likeness (QED) is 0.460. The molecule has 0 radical (unpaired) electrons. The summed E-state index contributed by atoms with van der Waals surface area (Å²) >= 11 is 6.50. The monoisotopic (exact) mass is 585 g/mol. The van der Waals surface area contributed by atoms with E-state index in [-0.39, 0.29) is 40.4 Å². The number of likely N-dealkylation sites (tertiary alicyclic amines) is 1. The van der Waals surface area contributed by atoms with Gasteiger partial charge in [0.15, 0.2) is 12.4 Å². The van der Waals surface area contributed by atoms with Crippen LogP contribution >= 0.6 is 11.6 Å². The molecule has 0 spiro atoms. The molecule has 2 N–H and O–H groups in total. The number of benzene rings is 1. The van der Waals surface area contributed by atoms with Gasteiger partial charge >= 0.3 is 5.92 Å². The number of anilines is 4. The SMILES string of the molecule is CCN1C[C@@H]2CC[C@H](C1=O)N2c1ncc(Cl)c(Nc2ccc3c(c2)c2c(c(=O)n3C)OCC(F)(F)C(C3CC3)N2)n1. The average Bonchev–Trinajstić information content (AvgIpc) is 3.74. The maximum Gasteiger partial charge on any atom is 0.301 e. The van der Waals surface area contributed by atoms with E-state index in [1.807, 2.05) is 16.7 Å². The van der Waals surface area contributed by atoms with Crippen LogP contribution in [0.25, 0.3) is 10.9 Å². The lowest BCUT2D eigenvalue weighted by Gasteiger charge is -2.40. The summed E-state index contributed by atoms with van der Waals surface area (Å²) < 4.78 is 36.8. The van der Waals surface area contributed by atoms with Crippen LogP contribution in [0.5, 0.6) is 5.75 Å². The van der Waals surface area contributed by atoms with Crippen molar-refractivity contribution in [1.82, 2.24) is 19.4 Å². The number of piperazine rings is 1. The molecule has 1 aromatic carbocycles. The molecule has 1 saturated carbocycles. The molecule has 216 valence electrons. The lowest BCUT2D eigenvalue weighted by molar-refractivity contribution is -0.133. The zero-order chi connectivity index (χ0) is 28.6. The van der Waals surface area contributed by atoms with Gasteiger partial charge in [-0.15, -0.1) is 0 Å². The van der Waals surface area contributed by atoms with Gasteiger partial charge in [0.05, 0.1) is 29.5 Å². The highest BCUT2D eigenvalue weighted by atomic mass is 35.5. The summed E-state index contributed by atoms with van der Waals surface area (Å²) in [6, 6.07) is 3.99. The number of aryl methyl sites for hydroxylation is 1. The zero-order valence-electron chi connectivity index (χ0n) is 22.7. The van der Waals surface area contributed by atoms with Gasteiger partial charge in [0.1, 0.15) is 11.1 Å². The van der Waals surface area contributed by atoms with Crippen molar-refractivity contribution in [2.75, 3.05) is 35.2 Å². The van der Waals surface area contributed by atoms with Crippen LogP contribution in [-0.4, -0.2) is 69.1 Å². The Morgan fingerprint density at radius 2 is 2.02 bits per heavy atom. The highest BCUT2D eigenvalue weighted by Gasteiger charge is 2.51. The van der Waals surface area contributed by atoms with Crippen molar-refractivity contribution in [3.63, 3.8) is 0 Å². The Morgan fingerprint density at radius 1 is 1.22 bits per heavy atom. The third-order valence-electron chi connectivity index (χ3n) is 8.75. The van der Waals surface area contributed by atoms with Crippen molar-refractivity contribution < 1.29 is 18.3 Å². The van der Waals surface area contributed by atoms with E-state index in [2.05, 4.69) is 15.6 Å². The summed E-state index contributed by atoms with van der Waals surface area (Å²) in [7, 11) is 1.59. The number of carbonyl (C=O) groups excluding carboxylic acids is 1. The first-order valence-corrected chi connectivity index (χ1v) is 14.3. The fourth-order valence-corrected chi connectivity index (χ4v) is 6.58. The van der Waals surface area contributed by atoms with Crippen LogP contribution in [0.2, 0.25) is 5.02 Å². The first-order chi connectivity index (χ1) is 19.7. The highest BCUT2D eigenvalue weighted by Crippen LogP contribution is 2.46. The van der Waals surface area contributed by atoms with Crippen molar-refractivity contribution in [2.45, 2.75) is 56.7 Å². The Bertz CT molecular complexity index is 1630. The van der Waals surface area contributed by atoms with Gasteiger partial charge < -0.3 is 29.7 Å². The average molecular weight is 586 g/mol. The van der Waals surface area contributed by atoms with E-state index in [1.54, 1.807) is 25.2 Å². The Balaban J connectivity index is 1.25. The number of carbonyl (C=O) groups is 1. The molecule has 7 rings (SSSR count). The summed E-state index contributed by atoms with van der Waals surface area (Å²) in [5.74, 6) is -2.56. The molecule has 3 aliphatic heterocycles. The second-order valence-corrected chi connectivity index (χ2v) is 11.7. The summed E-state index contributed by atoms with van der Waals surface area (Å²) in [6.45, 7) is 2.42. The highest BCUT2D eigenvalue weighted by molar-refractivity contribution is 6.33. The molecular formula is C28H30ClF2N7O3. The topological polar surface area (TPSA) is 105 Å². The molecule has 3 aromatic rings. The Morgan fingerprint density at radius 3 is 2.78 bits per heavy atom. The van der Waals surface area contributed by atoms with Crippen molar-refractivity contribution in [2.24, 2.45) is 13.0 Å². The van der Waals surface area contributed by atoms with E-state index in [0.717, 1.165) is 12.8 Å². The minimum Gasteiger partial charge on any atom is -0.480 e. The largest absolute Gasteiger partial charge is 0.480 e. The van der Waals surface area contributed by atoms with Gasteiger partial charge in [-0.3, -0.25) is 9.59 Å². The molecule has 1 aliphatic carbocycles. The number of pyridine rings is 1. The van der Waals surface area contributed by atoms with Crippen LogP contribution in [0.1, 0.15) is 32.6 Å². The molecular weight excluding hydrogens is 556 g/mol. The van der Waals surface area contributed by atoms with E-state index in [1.165, 1.54) is 10.8 Å². The molecule has 1 unspecified atom stereocenters. The first-order valence-electron chi connectivity index (χ1n) is 14.0. The second-order valence-electron chi connectivity index (χ2n) is 11.3. The summed E-state index contributed by atoms with van der Waals surface area (Å²) in [4.78, 5) is 39.1. The van der Waals surface area contributed by atoms with Gasteiger partial charge in [-0.2, -0.15) is 4.98 Å². The number of nitrogens with zero attached hydrogens (tertiary/aromatic N) is 5. The fraction of sp³-hybridized carbons (Fsp3) is 0.500. The summed E-state index contributed by atoms with van der Waals surface area (Å²) in [6.07, 6.45) is 4.54. The van der Waals surface area contributed by atoms with E-state index in [4.69, 9.17) is 21.3 Å². The second kappa shape index (κ2) is 9.43. The minimum atomic E-state index is -3.12. The van der Waals surface area contributed by atoms with Crippen molar-refractivity contribution >= 4 is 51.6 Å². The number of likely N-dealkylation sites (N-methyl/N-ethyl adjacent to an activating group) is 1. The summed E-state index contributed by atoms with van der Waals surface area (Å²) in [5, 5.41) is 7.07. The van der Waals surface area contributed by atoms with E-state index in [9.17, 15) is 18.4 Å². The zero-order valence-corrected chi connectivity index (χ0v) is 23.4. The van der Waals surface area contributed by atoms with E-state index in [0.29, 0.717) is 54.3 Å². The third-order valence-corrected chi connectivity index (χ3v) is 9.02. The van der Waals surface area contributed by atoms with Crippen LogP contribution in [0.4, 0.5) is 31.9 Å². The molecule has 4 aliphatic rings. The van der Waals surface area contributed by atoms with Crippen molar-refractivity contribution in [1.29, 1.82) is 0 Å². The molecule has 3 fully saturated rings. The number of hydrogen-bond acceptors (Lipinski definition) is 8. The first kappa shape index (κ1) is 26.2. The van der Waals surface area contributed by atoms with Crippen LogP contribution in [-0.2, 0) is 11.8 Å². The maximum atomic E-state index is 15.0. The van der Waals surface area contributed by atoms with Crippen LogP contribution in [0.3, 0.4) is 0 Å². The van der Waals surface area contributed by atoms with Gasteiger partial charge in [-0.05, 0) is 56.7 Å². The number of amides is 1. The van der Waals surface area contributed by atoms with E-state index < -0.39 is 24.1 Å². The van der Waals surface area contributed by atoms with Crippen molar-refractivity contribution in [3.05, 3.63) is 39.8 Å². The lowest BCUT2D eigenvalue weighted by atomic mass is 10.0. The van der Waals surface area contributed by atoms with Gasteiger partial charge in [-0.25, -0.2) is 13.8 Å². The molecule has 41 heavy (non-hydrogen) atoms. The standard InChI is InChI=1S/C28H30ClF2N7O3/c1-3-37-12-16-7-9-20(25(37)39)38(16)27-32-11-18(29)24(35-27)33-15-6-8-19-17(10-15)21-22(26(40)36(19)2)41-13-28(30,31)23(34-21)14-4-5-14/h6,8,10-11,14,16,20,23,34H,3-5,7,9,12-13H2,1-2H3,(H,32,33,35)/t16-,20+,23?/m0/s1. The predicted molar refractivity (Wildman–Crippen MR) is 152 cm³/mol. The molecule has 13 heteroatoms. The Kier molecular flexibility index (Phi) is 6.04. The molecule has 5 heterocycles. The molecule has 2 bridgehead atoms. The third kappa shape index (κ3) is 4.25. The molecule has 10 nitrogen and oxygen atoms in total. The number of fused-ring (bicyclic) bond motifs is 5. The number of nitrogens with one attached hydrogen (secondary N) is 2. The van der Waals surface area contributed by atoms with Crippen LogP contribution in [0, 0.1) is 5.92 Å². The molecule has 2 saturated heterocycles. The molecule has 2 aromatic heterocycles. The normalized spacial score (nSPS) is 25.0. The predicted octanol–water partition coefficient (Wildman–Crippen LogP) is 4.14. The Labute approximate surface area is 239 Å². The fourth-order valence-electron chi connectivity index (χ4n) is 6.44. The number of halogens is 3. The maximum absolute atomic E-state index is 15.0. The number of alkyl halides is 2. The summed E-state index contributed by atoms with van der Waals surface area (Å²) in [5.41, 5.74) is 0.928. The van der Waals surface area contributed by atoms with Crippen LogP contribution in [0.15, 0.2) is 29.2 Å². The number of aromatic nitrogens is 3. The van der Waals surface area contributed by atoms with Gasteiger partial charge in [-0.1, -0.05) is 11.6 Å². The van der Waals surface area contributed by atoms with Gasteiger partial charge in [0, 0.05) is 31.2 Å². The minimum absolute atomic E-state index is 0.0833.